The summed E-state index contributed by atoms with van der Waals surface area (Å²) >= 11 is 0. The number of cyclic esters (lactones) is 1. The standard InChI is InChI=1S/C29H27NO6/c1-4-5-16-34-23-13-11-21(12-14-23)27-30-24(29(32)36-27)17-20-8-15-25(26(18-20)33-3)35-28(31)22-9-6-19(2)7-10-22/h6-15,17-18H,4-5,16H2,1-3H3/b24-17-. The molecule has 3 aromatic rings. The molecule has 0 N–H and O–H groups in total. The molecule has 1 heterocycles. The predicted octanol–water partition coefficient (Wildman–Crippen LogP) is 5.75. The summed E-state index contributed by atoms with van der Waals surface area (Å²) in [5.41, 5.74) is 2.94. The second kappa shape index (κ2) is 11.4. The normalized spacial score (nSPS) is 13.8. The Bertz CT molecular complexity index is 1310. The van der Waals surface area contributed by atoms with E-state index in [0.29, 0.717) is 29.0 Å². The summed E-state index contributed by atoms with van der Waals surface area (Å²) < 4.78 is 21.9. The first-order chi connectivity index (χ1) is 17.5. The Hall–Kier alpha value is -4.39. The monoisotopic (exact) mass is 485 g/mol. The zero-order valence-electron chi connectivity index (χ0n) is 20.4. The van der Waals surface area contributed by atoms with Crippen LogP contribution in [0.3, 0.4) is 0 Å². The Morgan fingerprint density at radius 2 is 1.75 bits per heavy atom. The fourth-order valence-corrected chi connectivity index (χ4v) is 3.43. The number of hydrogen-bond acceptors (Lipinski definition) is 7. The van der Waals surface area contributed by atoms with Gasteiger partial charge in [0.25, 0.3) is 0 Å². The van der Waals surface area contributed by atoms with Crippen LogP contribution < -0.4 is 14.2 Å². The quantitative estimate of drug-likeness (QED) is 0.166. The lowest BCUT2D eigenvalue weighted by Gasteiger charge is -2.10. The number of carbonyl (C=O) groups excluding carboxylic acids is 2. The Morgan fingerprint density at radius 1 is 1.00 bits per heavy atom. The van der Waals surface area contributed by atoms with E-state index in [4.69, 9.17) is 18.9 Å². The molecule has 0 amide bonds. The predicted molar refractivity (Wildman–Crippen MR) is 137 cm³/mol. The molecule has 0 radical (unpaired) electrons. The molecule has 0 unspecified atom stereocenters. The van der Waals surface area contributed by atoms with E-state index in [1.807, 2.05) is 31.2 Å². The maximum Gasteiger partial charge on any atom is 0.363 e. The summed E-state index contributed by atoms with van der Waals surface area (Å²) in [7, 11) is 1.48. The number of methoxy groups -OCH3 is 1. The fourth-order valence-electron chi connectivity index (χ4n) is 3.43. The molecule has 7 nitrogen and oxygen atoms in total. The zero-order chi connectivity index (χ0) is 25.5. The summed E-state index contributed by atoms with van der Waals surface area (Å²) in [5, 5.41) is 0. The molecule has 0 aromatic heterocycles. The van der Waals surface area contributed by atoms with Gasteiger partial charge in [-0.3, -0.25) is 0 Å². The second-order valence-corrected chi connectivity index (χ2v) is 8.23. The minimum absolute atomic E-state index is 0.153. The van der Waals surface area contributed by atoms with Gasteiger partial charge in [0.2, 0.25) is 5.90 Å². The van der Waals surface area contributed by atoms with E-state index < -0.39 is 11.9 Å². The van der Waals surface area contributed by atoms with E-state index in [9.17, 15) is 9.59 Å². The van der Waals surface area contributed by atoms with Crippen molar-refractivity contribution in [1.29, 1.82) is 0 Å². The molecule has 0 saturated carbocycles. The largest absolute Gasteiger partial charge is 0.494 e. The van der Waals surface area contributed by atoms with Gasteiger partial charge in [0, 0.05) is 5.56 Å². The summed E-state index contributed by atoms with van der Waals surface area (Å²) in [6.45, 7) is 4.71. The zero-order valence-corrected chi connectivity index (χ0v) is 20.4. The van der Waals surface area contributed by atoms with Crippen molar-refractivity contribution in [3.8, 4) is 17.2 Å². The maximum atomic E-state index is 12.5. The van der Waals surface area contributed by atoms with Crippen LogP contribution in [0, 0.1) is 6.92 Å². The molecular weight excluding hydrogens is 458 g/mol. The number of unbranched alkanes of at least 4 members (excludes halogenated alkanes) is 1. The molecule has 7 heteroatoms. The van der Waals surface area contributed by atoms with Gasteiger partial charge in [-0.25, -0.2) is 14.6 Å². The summed E-state index contributed by atoms with van der Waals surface area (Å²) in [6.07, 6.45) is 3.64. The highest BCUT2D eigenvalue weighted by Crippen LogP contribution is 2.30. The van der Waals surface area contributed by atoms with Crippen molar-refractivity contribution >= 4 is 23.9 Å². The first-order valence-electron chi connectivity index (χ1n) is 11.7. The van der Waals surface area contributed by atoms with E-state index in [1.54, 1.807) is 48.5 Å². The number of aryl methyl sites for hydroxylation is 1. The van der Waals surface area contributed by atoms with Gasteiger partial charge in [-0.2, -0.15) is 0 Å². The van der Waals surface area contributed by atoms with Crippen molar-refractivity contribution in [3.05, 3.63) is 94.7 Å². The van der Waals surface area contributed by atoms with Gasteiger partial charge < -0.3 is 18.9 Å². The molecule has 0 saturated heterocycles. The SMILES string of the molecule is CCCCOc1ccc(C2=N/C(=C\c3ccc(OC(=O)c4ccc(C)cc4)c(OC)c3)C(=O)O2)cc1. The maximum absolute atomic E-state index is 12.5. The van der Waals surface area contributed by atoms with Gasteiger partial charge in [-0.1, -0.05) is 37.1 Å². The van der Waals surface area contributed by atoms with Gasteiger partial charge >= 0.3 is 11.9 Å². The molecule has 0 spiro atoms. The minimum atomic E-state index is -0.554. The van der Waals surface area contributed by atoms with Gasteiger partial charge in [0.05, 0.1) is 19.3 Å². The number of nitrogens with zero attached hydrogens (tertiary/aromatic N) is 1. The third-order valence-corrected chi connectivity index (χ3v) is 5.47. The molecule has 1 aliphatic heterocycles. The second-order valence-electron chi connectivity index (χ2n) is 8.23. The molecule has 0 fully saturated rings. The van der Waals surface area contributed by atoms with E-state index in [-0.39, 0.29) is 17.3 Å². The van der Waals surface area contributed by atoms with Crippen LogP contribution in [0.15, 0.2) is 77.4 Å². The number of aliphatic imine (C=N–C) groups is 1. The van der Waals surface area contributed by atoms with E-state index in [2.05, 4.69) is 11.9 Å². The van der Waals surface area contributed by atoms with Crippen molar-refractivity contribution < 1.29 is 28.5 Å². The van der Waals surface area contributed by atoms with Crippen LogP contribution in [0.2, 0.25) is 0 Å². The van der Waals surface area contributed by atoms with Gasteiger partial charge in [-0.05, 0) is 73.5 Å². The van der Waals surface area contributed by atoms with Crippen LogP contribution in [0.1, 0.15) is 46.8 Å². The fraction of sp³-hybridized carbons (Fsp3) is 0.207. The smallest absolute Gasteiger partial charge is 0.363 e. The lowest BCUT2D eigenvalue weighted by atomic mass is 10.1. The van der Waals surface area contributed by atoms with Crippen molar-refractivity contribution in [3.63, 3.8) is 0 Å². The van der Waals surface area contributed by atoms with Crippen molar-refractivity contribution in [1.82, 2.24) is 0 Å². The molecule has 0 atom stereocenters. The average Bonchev–Trinajstić information content (AvgIpc) is 3.25. The van der Waals surface area contributed by atoms with Crippen LogP contribution >= 0.6 is 0 Å². The Balaban J connectivity index is 1.49. The minimum Gasteiger partial charge on any atom is -0.494 e. The lowest BCUT2D eigenvalue weighted by Crippen LogP contribution is -2.09. The highest BCUT2D eigenvalue weighted by molar-refractivity contribution is 6.12. The molecular formula is C29H27NO6. The first kappa shape index (κ1) is 24.7. The van der Waals surface area contributed by atoms with Crippen LogP contribution in [0.4, 0.5) is 0 Å². The molecule has 3 aromatic carbocycles. The van der Waals surface area contributed by atoms with Crippen molar-refractivity contribution in [2.24, 2.45) is 4.99 Å². The number of rotatable bonds is 9. The highest BCUT2D eigenvalue weighted by atomic mass is 16.6. The molecule has 4 rings (SSSR count). The Morgan fingerprint density at radius 3 is 2.44 bits per heavy atom. The topological polar surface area (TPSA) is 83.4 Å². The van der Waals surface area contributed by atoms with E-state index in [1.165, 1.54) is 7.11 Å². The number of hydrogen-bond donors (Lipinski definition) is 0. The number of benzene rings is 3. The van der Waals surface area contributed by atoms with Crippen molar-refractivity contribution in [2.75, 3.05) is 13.7 Å². The van der Waals surface area contributed by atoms with Crippen molar-refractivity contribution in [2.45, 2.75) is 26.7 Å². The lowest BCUT2D eigenvalue weighted by molar-refractivity contribution is -0.129. The van der Waals surface area contributed by atoms with Crippen LogP contribution in [-0.4, -0.2) is 31.6 Å². The van der Waals surface area contributed by atoms with E-state index in [0.717, 1.165) is 24.2 Å². The number of esters is 2. The molecule has 184 valence electrons. The molecule has 36 heavy (non-hydrogen) atoms. The van der Waals surface area contributed by atoms with Crippen LogP contribution in [0.25, 0.3) is 6.08 Å². The first-order valence-corrected chi connectivity index (χ1v) is 11.7. The van der Waals surface area contributed by atoms with Gasteiger partial charge in [-0.15, -0.1) is 0 Å². The van der Waals surface area contributed by atoms with Gasteiger partial charge in [0.15, 0.2) is 17.2 Å². The summed E-state index contributed by atoms with van der Waals surface area (Å²) in [6, 6.07) is 19.3. The molecule has 0 aliphatic carbocycles. The third-order valence-electron chi connectivity index (χ3n) is 5.47. The molecule has 0 bridgehead atoms. The number of carbonyl (C=O) groups is 2. The Kier molecular flexibility index (Phi) is 7.80. The number of ether oxygens (including phenoxy) is 4. The van der Waals surface area contributed by atoms with Gasteiger partial charge in [0.1, 0.15) is 5.75 Å². The van der Waals surface area contributed by atoms with E-state index >= 15 is 0 Å². The Labute approximate surface area is 210 Å². The van der Waals surface area contributed by atoms with Crippen LogP contribution in [-0.2, 0) is 9.53 Å². The van der Waals surface area contributed by atoms with Crippen LogP contribution in [0.5, 0.6) is 17.2 Å². The summed E-state index contributed by atoms with van der Waals surface area (Å²) in [4.78, 5) is 29.3. The highest BCUT2D eigenvalue weighted by Gasteiger charge is 2.24. The third kappa shape index (κ3) is 5.99. The molecule has 1 aliphatic rings. The average molecular weight is 486 g/mol. The summed E-state index contributed by atoms with van der Waals surface area (Å²) in [5.74, 6) is 0.547.